The fourth-order valence-corrected chi connectivity index (χ4v) is 10.6. The number of hydrogen-bond donors (Lipinski definition) is 1. The Bertz CT molecular complexity index is 2590. The zero-order chi connectivity index (χ0) is 41.9. The van der Waals surface area contributed by atoms with E-state index in [0.717, 1.165) is 25.8 Å². The molecule has 0 radical (unpaired) electrons. The number of piperidine rings is 1. The second-order valence-corrected chi connectivity index (χ2v) is 17.8. The van der Waals surface area contributed by atoms with E-state index < -0.39 is 47.3 Å². The van der Waals surface area contributed by atoms with Crippen LogP contribution in [0.2, 0.25) is 0 Å². The lowest BCUT2D eigenvalue weighted by molar-refractivity contribution is -0.000610. The number of anilines is 1. The monoisotopic (exact) mass is 833 g/mol. The number of benzene rings is 3. The third kappa shape index (κ3) is 6.16. The first-order valence-corrected chi connectivity index (χ1v) is 20.6. The van der Waals surface area contributed by atoms with Crippen molar-refractivity contribution in [2.24, 2.45) is 17.9 Å². The number of ether oxygens (including phenoxy) is 2. The smallest absolute Gasteiger partial charge is 0.319 e. The Morgan fingerprint density at radius 3 is 2.32 bits per heavy atom. The van der Waals surface area contributed by atoms with Crippen LogP contribution in [-0.4, -0.2) is 118 Å². The lowest BCUT2D eigenvalue weighted by atomic mass is 9.91. The Morgan fingerprint density at radius 2 is 1.67 bits per heavy atom. The first-order valence-electron chi connectivity index (χ1n) is 20.6. The number of aryl methyl sites for hydroxylation is 1. The van der Waals surface area contributed by atoms with Crippen molar-refractivity contribution in [2.75, 3.05) is 64.5 Å². The first-order chi connectivity index (χ1) is 28.7. The molecule has 60 heavy (non-hydrogen) atoms. The number of methoxy groups -OCH3 is 1. The average molecular weight is 834 g/mol. The quantitative estimate of drug-likeness (QED) is 0.0825. The third-order valence-electron chi connectivity index (χ3n) is 14.0. The number of hydrogen-bond acceptors (Lipinski definition) is 9. The van der Waals surface area contributed by atoms with Gasteiger partial charge in [-0.05, 0) is 74.3 Å². The Labute approximate surface area is 342 Å². The molecule has 5 aliphatic rings. The Balaban J connectivity index is 1.10. The van der Waals surface area contributed by atoms with E-state index in [-0.39, 0.29) is 95.9 Å². The predicted octanol–water partition coefficient (Wildman–Crippen LogP) is 7.52. The van der Waals surface area contributed by atoms with Crippen LogP contribution in [0.3, 0.4) is 0 Å². The molecule has 5 heterocycles. The molecule has 5 aromatic rings. The minimum Gasteiger partial charge on any atom is -0.508 e. The molecule has 2 bridgehead atoms. The van der Waals surface area contributed by atoms with Gasteiger partial charge in [0.1, 0.15) is 35.0 Å². The first kappa shape index (κ1) is 39.3. The van der Waals surface area contributed by atoms with E-state index in [1.165, 1.54) is 28.9 Å². The molecule has 3 saturated heterocycles. The largest absolute Gasteiger partial charge is 0.508 e. The summed E-state index contributed by atoms with van der Waals surface area (Å²) in [6, 6.07) is 5.05. The molecule has 3 aliphatic heterocycles. The molecule has 0 amide bonds. The van der Waals surface area contributed by atoms with Gasteiger partial charge in [0, 0.05) is 99.8 Å². The lowest BCUT2D eigenvalue weighted by Crippen LogP contribution is -2.54. The van der Waals surface area contributed by atoms with Gasteiger partial charge in [-0.25, -0.2) is 26.3 Å². The highest BCUT2D eigenvalue weighted by atomic mass is 19.3. The minimum atomic E-state index is -3.08. The summed E-state index contributed by atoms with van der Waals surface area (Å²) in [7, 11) is 3.36. The Hall–Kier alpha value is -4.85. The number of rotatable bonds is 11. The summed E-state index contributed by atoms with van der Waals surface area (Å²) < 4.78 is 105. The van der Waals surface area contributed by atoms with Crippen molar-refractivity contribution < 1.29 is 40.9 Å². The molecular weight excluding hydrogens is 789 g/mol. The maximum absolute atomic E-state index is 17.9. The second-order valence-electron chi connectivity index (χ2n) is 17.8. The topological polar surface area (TPSA) is 92.0 Å². The van der Waals surface area contributed by atoms with Crippen LogP contribution in [0.25, 0.3) is 43.7 Å². The van der Waals surface area contributed by atoms with Crippen LogP contribution >= 0.6 is 0 Å². The number of halogens is 6. The molecule has 2 aromatic heterocycles. The minimum absolute atomic E-state index is 0.0109. The van der Waals surface area contributed by atoms with Gasteiger partial charge in [-0.1, -0.05) is 12.0 Å². The summed E-state index contributed by atoms with van der Waals surface area (Å²) in [5.74, 6) is -4.77. The SMILES string of the molecule is C#Cc1c(F)ccc2cc(O)cc(-c3c(F)c4nc(OC[C@]5(CN6CCC7(CC6)CC7(F)F)CC5(F)F)nc(N5[C@@H]6CC[C@H]5CN(CCCOC)C6)c4c4cn(C)nc34)c12. The molecule has 10 rings (SSSR count). The molecule has 2 aliphatic carbocycles. The van der Waals surface area contributed by atoms with Gasteiger partial charge < -0.3 is 24.4 Å². The number of aromatic nitrogens is 4. The van der Waals surface area contributed by atoms with Crippen LogP contribution in [-0.2, 0) is 11.8 Å². The van der Waals surface area contributed by atoms with Gasteiger partial charge in [0.15, 0.2) is 5.82 Å². The molecule has 3 aromatic carbocycles. The van der Waals surface area contributed by atoms with Crippen molar-refractivity contribution in [1.29, 1.82) is 0 Å². The maximum atomic E-state index is 17.9. The van der Waals surface area contributed by atoms with Crippen molar-refractivity contribution >= 4 is 38.4 Å². The van der Waals surface area contributed by atoms with Gasteiger partial charge >= 0.3 is 6.01 Å². The van der Waals surface area contributed by atoms with Gasteiger partial charge in [0.25, 0.3) is 11.8 Å². The highest BCUT2D eigenvalue weighted by molar-refractivity contribution is 6.18. The third-order valence-corrected chi connectivity index (χ3v) is 14.0. The number of phenolic OH excluding ortho intramolecular Hbond substituents is 1. The van der Waals surface area contributed by atoms with E-state index in [0.29, 0.717) is 41.7 Å². The van der Waals surface area contributed by atoms with Crippen molar-refractivity contribution in [3.05, 3.63) is 47.7 Å². The summed E-state index contributed by atoms with van der Waals surface area (Å²) in [4.78, 5) is 15.9. The molecule has 2 saturated carbocycles. The zero-order valence-electron chi connectivity index (χ0n) is 33.4. The van der Waals surface area contributed by atoms with Crippen LogP contribution in [0.5, 0.6) is 11.8 Å². The highest BCUT2D eigenvalue weighted by Crippen LogP contribution is 2.67. The van der Waals surface area contributed by atoms with E-state index >= 15 is 17.6 Å². The van der Waals surface area contributed by atoms with E-state index in [9.17, 15) is 13.9 Å². The number of alkyl halides is 4. The fourth-order valence-electron chi connectivity index (χ4n) is 10.6. The summed E-state index contributed by atoms with van der Waals surface area (Å²) in [5.41, 5.74) is -2.70. The highest BCUT2D eigenvalue weighted by Gasteiger charge is 2.74. The van der Waals surface area contributed by atoms with Gasteiger partial charge in [0.2, 0.25) is 0 Å². The van der Waals surface area contributed by atoms with Gasteiger partial charge in [-0.2, -0.15) is 15.1 Å². The predicted molar refractivity (Wildman–Crippen MR) is 214 cm³/mol. The lowest BCUT2D eigenvalue weighted by Gasteiger charge is -2.42. The number of aromatic hydroxyl groups is 1. The normalized spacial score (nSPS) is 25.4. The zero-order valence-corrected chi connectivity index (χ0v) is 33.4. The summed E-state index contributed by atoms with van der Waals surface area (Å²) in [6.45, 7) is 2.95. The molecule has 10 nitrogen and oxygen atoms in total. The van der Waals surface area contributed by atoms with Crippen molar-refractivity contribution in [3.8, 4) is 35.2 Å². The Kier molecular flexibility index (Phi) is 9.06. The number of terminal acetylenes is 1. The summed E-state index contributed by atoms with van der Waals surface area (Å²) >= 11 is 0. The standard InChI is InChI=1S/C44H45F6N7O3/c1-4-29-32(45)9-6-25-16-28(58)17-30(33(25)29)34-36(46)38-35(31-20-54(2)53-37(31)34)39(57-26-7-8-27(57)19-56(18-26)12-5-15-59-3)52-40(51-38)60-24-42(22-44(42,49)50)23-55-13-10-41(11-14-55)21-43(41,47)48/h1,6,9,16-17,20,26-27,58H,5,7-8,10-15,18-19,21-24H2,2-3H3/t26-,27+,42-/m1/s1. The molecule has 5 fully saturated rings. The van der Waals surface area contributed by atoms with Crippen LogP contribution in [0.4, 0.5) is 32.2 Å². The van der Waals surface area contributed by atoms with Gasteiger partial charge in [-0.15, -0.1) is 6.42 Å². The van der Waals surface area contributed by atoms with E-state index in [2.05, 4.69) is 20.7 Å². The molecule has 16 heteroatoms. The van der Waals surface area contributed by atoms with Crippen molar-refractivity contribution in [1.82, 2.24) is 29.5 Å². The van der Waals surface area contributed by atoms with Crippen molar-refractivity contribution in [2.45, 2.75) is 68.9 Å². The van der Waals surface area contributed by atoms with Crippen LogP contribution in [0, 0.1) is 34.8 Å². The molecule has 1 spiro atoms. The number of nitrogens with zero attached hydrogens (tertiary/aromatic N) is 7. The second kappa shape index (κ2) is 13.8. The van der Waals surface area contributed by atoms with Gasteiger partial charge in [0.05, 0.1) is 16.4 Å². The summed E-state index contributed by atoms with van der Waals surface area (Å²) in [5, 5.41) is 17.0. The molecule has 1 N–H and O–H groups in total. The number of phenols is 1. The van der Waals surface area contributed by atoms with Gasteiger partial charge in [-0.3, -0.25) is 9.58 Å². The van der Waals surface area contributed by atoms with Crippen LogP contribution in [0.15, 0.2) is 30.5 Å². The molecular formula is C44H45F6N7O3. The molecule has 0 unspecified atom stereocenters. The number of fused-ring (bicyclic) bond motifs is 6. The average Bonchev–Trinajstić information content (AvgIpc) is 3.77. The Morgan fingerprint density at radius 1 is 0.950 bits per heavy atom. The number of likely N-dealkylation sites (tertiary alicyclic amines) is 2. The van der Waals surface area contributed by atoms with Crippen molar-refractivity contribution in [3.63, 3.8) is 0 Å². The molecule has 3 atom stereocenters. The summed E-state index contributed by atoms with van der Waals surface area (Å²) in [6.07, 6.45) is 9.98. The maximum Gasteiger partial charge on any atom is 0.319 e. The van der Waals surface area contributed by atoms with Crippen LogP contribution in [0.1, 0.15) is 50.5 Å². The van der Waals surface area contributed by atoms with E-state index in [1.807, 2.05) is 4.90 Å². The number of piperazine rings is 1. The van der Waals surface area contributed by atoms with E-state index in [4.69, 9.17) is 26.0 Å². The fraction of sp³-hybridized carbons (Fsp3) is 0.523. The van der Waals surface area contributed by atoms with Crippen LogP contribution < -0.4 is 9.64 Å². The molecule has 316 valence electrons. The van der Waals surface area contributed by atoms with E-state index in [1.54, 1.807) is 20.4 Å².